The Labute approximate surface area is 187 Å². The first-order chi connectivity index (χ1) is 15.4. The van der Waals surface area contributed by atoms with E-state index in [4.69, 9.17) is 4.74 Å². The van der Waals surface area contributed by atoms with Crippen molar-refractivity contribution < 1.29 is 13.2 Å². The molecular formula is C25H23N3O3S. The molecule has 0 fully saturated rings. The quantitative estimate of drug-likeness (QED) is 0.422. The third-order valence-electron chi connectivity index (χ3n) is 5.01. The first kappa shape index (κ1) is 21.5. The molecule has 1 aromatic heterocycles. The molecule has 0 bridgehead atoms. The Balaban J connectivity index is 1.61. The molecule has 1 heterocycles. The van der Waals surface area contributed by atoms with Crippen LogP contribution >= 0.6 is 0 Å². The number of hydrogen-bond donors (Lipinski definition) is 1. The number of hydrogen-bond acceptors (Lipinski definition) is 6. The maximum atomic E-state index is 12.0. The Hall–Kier alpha value is -3.71. The third-order valence-corrected chi connectivity index (χ3v) is 6.25. The lowest BCUT2D eigenvalue weighted by Gasteiger charge is -2.14. The van der Waals surface area contributed by atoms with Crippen molar-refractivity contribution in [2.45, 2.75) is 18.4 Å². The summed E-state index contributed by atoms with van der Waals surface area (Å²) in [5.74, 6) is 1.28. The average Bonchev–Trinajstić information content (AvgIpc) is 2.79. The Morgan fingerprint density at radius 1 is 0.906 bits per heavy atom. The molecule has 0 saturated heterocycles. The molecule has 3 aromatic carbocycles. The number of aromatic nitrogens is 2. The minimum absolute atomic E-state index is 0.288. The summed E-state index contributed by atoms with van der Waals surface area (Å²) in [5, 5.41) is 3.22. The molecule has 162 valence electrons. The van der Waals surface area contributed by atoms with Crippen molar-refractivity contribution in [3.63, 3.8) is 0 Å². The summed E-state index contributed by atoms with van der Waals surface area (Å²) in [5.41, 5.74) is 3.93. The van der Waals surface area contributed by atoms with Gasteiger partial charge in [-0.3, -0.25) is 0 Å². The zero-order chi connectivity index (χ0) is 22.6. The van der Waals surface area contributed by atoms with Gasteiger partial charge in [0.1, 0.15) is 24.5 Å². The topological polar surface area (TPSA) is 81.2 Å². The molecule has 7 heteroatoms. The number of anilines is 2. The number of nitrogens with zero attached hydrogens (tertiary/aromatic N) is 2. The molecular weight excluding hydrogens is 422 g/mol. The van der Waals surface area contributed by atoms with Crippen molar-refractivity contribution in [3.05, 3.63) is 96.3 Å². The number of benzene rings is 3. The van der Waals surface area contributed by atoms with E-state index >= 15 is 0 Å². The number of rotatable bonds is 7. The SMILES string of the molecule is Cc1c(Nc2cc(-c3ccccc3OCc3ccccc3)ncn2)cccc1S(C)(=O)=O. The molecule has 4 aromatic rings. The highest BCUT2D eigenvalue weighted by molar-refractivity contribution is 7.90. The molecule has 0 saturated carbocycles. The van der Waals surface area contributed by atoms with Crippen molar-refractivity contribution in [2.24, 2.45) is 0 Å². The smallest absolute Gasteiger partial charge is 0.175 e. The van der Waals surface area contributed by atoms with Crippen LogP contribution in [-0.4, -0.2) is 24.6 Å². The second-order valence-corrected chi connectivity index (χ2v) is 9.37. The van der Waals surface area contributed by atoms with Crippen molar-refractivity contribution >= 4 is 21.3 Å². The van der Waals surface area contributed by atoms with E-state index in [1.54, 1.807) is 19.1 Å². The molecule has 0 aliphatic heterocycles. The molecule has 0 atom stereocenters. The largest absolute Gasteiger partial charge is 0.488 e. The average molecular weight is 446 g/mol. The fourth-order valence-electron chi connectivity index (χ4n) is 3.40. The summed E-state index contributed by atoms with van der Waals surface area (Å²) in [6.45, 7) is 2.22. The van der Waals surface area contributed by atoms with Gasteiger partial charge >= 0.3 is 0 Å². The first-order valence-electron chi connectivity index (χ1n) is 10.1. The first-order valence-corrected chi connectivity index (χ1v) is 12.0. The molecule has 0 spiro atoms. The van der Waals surface area contributed by atoms with E-state index in [0.29, 0.717) is 29.4 Å². The van der Waals surface area contributed by atoms with E-state index in [2.05, 4.69) is 15.3 Å². The fraction of sp³-hybridized carbons (Fsp3) is 0.120. The van der Waals surface area contributed by atoms with Crippen LogP contribution in [0.2, 0.25) is 0 Å². The van der Waals surface area contributed by atoms with Crippen LogP contribution in [-0.2, 0) is 16.4 Å². The molecule has 0 aliphatic rings. The van der Waals surface area contributed by atoms with Crippen LogP contribution in [0.15, 0.2) is 90.1 Å². The van der Waals surface area contributed by atoms with Gasteiger partial charge in [-0.05, 0) is 42.3 Å². The van der Waals surface area contributed by atoms with Crippen LogP contribution in [0.4, 0.5) is 11.5 Å². The molecule has 1 N–H and O–H groups in total. The van der Waals surface area contributed by atoms with E-state index in [0.717, 1.165) is 16.9 Å². The molecule has 0 amide bonds. The van der Waals surface area contributed by atoms with Crippen molar-refractivity contribution in [3.8, 4) is 17.0 Å². The van der Waals surface area contributed by atoms with Gasteiger partial charge in [-0.1, -0.05) is 48.5 Å². The highest BCUT2D eigenvalue weighted by atomic mass is 32.2. The van der Waals surface area contributed by atoms with Gasteiger partial charge in [0, 0.05) is 23.6 Å². The highest BCUT2D eigenvalue weighted by Gasteiger charge is 2.14. The van der Waals surface area contributed by atoms with Crippen molar-refractivity contribution in [1.82, 2.24) is 9.97 Å². The molecule has 32 heavy (non-hydrogen) atoms. The van der Waals surface area contributed by atoms with Crippen LogP contribution < -0.4 is 10.1 Å². The van der Waals surface area contributed by atoms with Crippen LogP contribution in [0.25, 0.3) is 11.3 Å². The Morgan fingerprint density at radius 2 is 1.66 bits per heavy atom. The van der Waals surface area contributed by atoms with E-state index < -0.39 is 9.84 Å². The Kier molecular flexibility index (Phi) is 6.18. The number of ether oxygens (including phenoxy) is 1. The zero-order valence-corrected chi connectivity index (χ0v) is 18.6. The maximum absolute atomic E-state index is 12.0. The lowest BCUT2D eigenvalue weighted by Crippen LogP contribution is -2.04. The predicted octanol–water partition coefficient (Wildman–Crippen LogP) is 5.18. The second kappa shape index (κ2) is 9.20. The third kappa shape index (κ3) is 4.95. The van der Waals surface area contributed by atoms with Crippen LogP contribution in [0, 0.1) is 6.92 Å². The summed E-state index contributed by atoms with van der Waals surface area (Å²) in [6, 6.07) is 24.6. The number of para-hydroxylation sites is 1. The lowest BCUT2D eigenvalue weighted by molar-refractivity contribution is 0.307. The van der Waals surface area contributed by atoms with Crippen molar-refractivity contribution in [1.29, 1.82) is 0 Å². The van der Waals surface area contributed by atoms with E-state index in [1.807, 2.05) is 66.7 Å². The van der Waals surface area contributed by atoms with Gasteiger partial charge < -0.3 is 10.1 Å². The minimum Gasteiger partial charge on any atom is -0.488 e. The van der Waals surface area contributed by atoms with Gasteiger partial charge in [-0.25, -0.2) is 18.4 Å². The lowest BCUT2D eigenvalue weighted by atomic mass is 10.1. The van der Waals surface area contributed by atoms with E-state index in [1.165, 1.54) is 12.6 Å². The molecule has 4 rings (SSSR count). The zero-order valence-electron chi connectivity index (χ0n) is 17.8. The van der Waals surface area contributed by atoms with Gasteiger partial charge in [0.2, 0.25) is 0 Å². The van der Waals surface area contributed by atoms with Crippen LogP contribution in [0.5, 0.6) is 5.75 Å². The number of nitrogens with one attached hydrogen (secondary N) is 1. The monoisotopic (exact) mass is 445 g/mol. The summed E-state index contributed by atoms with van der Waals surface area (Å²) < 4.78 is 30.1. The van der Waals surface area contributed by atoms with Gasteiger partial charge in [0.25, 0.3) is 0 Å². The summed E-state index contributed by atoms with van der Waals surface area (Å²) >= 11 is 0. The highest BCUT2D eigenvalue weighted by Crippen LogP contribution is 2.31. The number of sulfone groups is 1. The van der Waals surface area contributed by atoms with E-state index in [9.17, 15) is 8.42 Å². The van der Waals surface area contributed by atoms with Gasteiger partial charge in [0.15, 0.2) is 9.84 Å². The standard InChI is InChI=1S/C25H23N3O3S/c1-18-21(12-8-14-24(18)32(2,29)30)28-25-15-22(26-17-27-25)20-11-6-7-13-23(20)31-16-19-9-4-3-5-10-19/h3-15,17H,16H2,1-2H3,(H,26,27,28). The molecule has 0 radical (unpaired) electrons. The molecule has 0 aliphatic carbocycles. The summed E-state index contributed by atoms with van der Waals surface area (Å²) in [7, 11) is -3.32. The summed E-state index contributed by atoms with van der Waals surface area (Å²) in [6.07, 6.45) is 2.68. The normalized spacial score (nSPS) is 11.2. The minimum atomic E-state index is -3.32. The van der Waals surface area contributed by atoms with Crippen molar-refractivity contribution in [2.75, 3.05) is 11.6 Å². The van der Waals surface area contributed by atoms with Gasteiger partial charge in [0.05, 0.1) is 10.6 Å². The fourth-order valence-corrected chi connectivity index (χ4v) is 4.39. The van der Waals surface area contributed by atoms with E-state index in [-0.39, 0.29) is 4.90 Å². The van der Waals surface area contributed by atoms with Gasteiger partial charge in [-0.15, -0.1) is 0 Å². The van der Waals surface area contributed by atoms with Gasteiger partial charge in [-0.2, -0.15) is 0 Å². The van der Waals surface area contributed by atoms with Crippen LogP contribution in [0.3, 0.4) is 0 Å². The Morgan fingerprint density at radius 3 is 2.44 bits per heavy atom. The summed E-state index contributed by atoms with van der Waals surface area (Å²) in [4.78, 5) is 9.01. The molecule has 6 nitrogen and oxygen atoms in total. The Bertz CT molecular complexity index is 1340. The predicted molar refractivity (Wildman–Crippen MR) is 126 cm³/mol. The maximum Gasteiger partial charge on any atom is 0.175 e. The molecule has 0 unspecified atom stereocenters. The second-order valence-electron chi connectivity index (χ2n) is 7.38. The van der Waals surface area contributed by atoms with Crippen LogP contribution in [0.1, 0.15) is 11.1 Å².